The number of nitrogens with zero attached hydrogens (tertiary/aromatic N) is 1. The average molecular weight is 374 g/mol. The topological polar surface area (TPSA) is 58.6 Å². The van der Waals surface area contributed by atoms with Crippen LogP contribution in [0.15, 0.2) is 18.2 Å². The first-order valence-electron chi connectivity index (χ1n) is 10.1. The van der Waals surface area contributed by atoms with Crippen molar-refractivity contribution in [3.8, 4) is 0 Å². The van der Waals surface area contributed by atoms with Crippen LogP contribution in [0, 0.1) is 11.7 Å². The molecule has 2 saturated carbocycles. The van der Waals surface area contributed by atoms with Crippen molar-refractivity contribution in [1.82, 2.24) is 4.90 Å². The largest absolute Gasteiger partial charge is 0.466 e. The van der Waals surface area contributed by atoms with E-state index < -0.39 is 0 Å². The SMILES string of the molecule is CCOC(=O)CCC(=O)N(C1CC1)[C@H]1c2cc(F)ccc2N[C@H]2CCC[C@@H]21. The summed E-state index contributed by atoms with van der Waals surface area (Å²) in [7, 11) is 0. The number of hydrogen-bond acceptors (Lipinski definition) is 4. The second-order valence-electron chi connectivity index (χ2n) is 7.86. The lowest BCUT2D eigenvalue weighted by Gasteiger charge is -2.43. The van der Waals surface area contributed by atoms with E-state index in [0.29, 0.717) is 18.6 Å². The molecular formula is C21H27FN2O3. The number of halogens is 1. The first kappa shape index (κ1) is 18.3. The molecule has 1 amide bonds. The van der Waals surface area contributed by atoms with Crippen LogP contribution in [0.4, 0.5) is 10.1 Å². The molecule has 0 unspecified atom stereocenters. The third-order valence-electron chi connectivity index (χ3n) is 6.02. The number of esters is 1. The molecule has 5 nitrogen and oxygen atoms in total. The lowest BCUT2D eigenvalue weighted by Crippen LogP contribution is -2.46. The van der Waals surface area contributed by atoms with Crippen LogP contribution in [-0.4, -0.2) is 35.5 Å². The lowest BCUT2D eigenvalue weighted by atomic mass is 9.82. The number of rotatable bonds is 6. The van der Waals surface area contributed by atoms with Gasteiger partial charge >= 0.3 is 5.97 Å². The lowest BCUT2D eigenvalue weighted by molar-refractivity contribution is -0.146. The van der Waals surface area contributed by atoms with Crippen LogP contribution >= 0.6 is 0 Å². The molecule has 1 aliphatic heterocycles. The Morgan fingerprint density at radius 1 is 1.22 bits per heavy atom. The van der Waals surface area contributed by atoms with Crippen LogP contribution in [0.5, 0.6) is 0 Å². The number of carbonyl (C=O) groups excluding carboxylic acids is 2. The first-order valence-corrected chi connectivity index (χ1v) is 10.1. The quantitative estimate of drug-likeness (QED) is 0.770. The molecule has 1 aromatic rings. The van der Waals surface area contributed by atoms with Gasteiger partial charge in [-0.1, -0.05) is 6.42 Å². The highest BCUT2D eigenvalue weighted by Crippen LogP contribution is 2.50. The molecule has 146 valence electrons. The van der Waals surface area contributed by atoms with Gasteiger partial charge in [-0.2, -0.15) is 0 Å². The van der Waals surface area contributed by atoms with E-state index in [1.165, 1.54) is 6.07 Å². The Labute approximate surface area is 159 Å². The second kappa shape index (κ2) is 7.49. The highest BCUT2D eigenvalue weighted by atomic mass is 19.1. The monoisotopic (exact) mass is 374 g/mol. The predicted molar refractivity (Wildman–Crippen MR) is 99.6 cm³/mol. The first-order chi connectivity index (χ1) is 13.1. The predicted octanol–water partition coefficient (Wildman–Crippen LogP) is 3.80. The van der Waals surface area contributed by atoms with E-state index in [4.69, 9.17) is 4.74 Å². The van der Waals surface area contributed by atoms with Crippen LogP contribution < -0.4 is 5.32 Å². The van der Waals surface area contributed by atoms with Crippen LogP contribution in [-0.2, 0) is 14.3 Å². The van der Waals surface area contributed by atoms with Gasteiger partial charge in [0.05, 0.1) is 19.1 Å². The summed E-state index contributed by atoms with van der Waals surface area (Å²) in [5, 5.41) is 3.56. The Kier molecular flexibility index (Phi) is 5.06. The number of nitrogens with one attached hydrogen (secondary N) is 1. The standard InChI is InChI=1S/C21H27FN2O3/c1-2-27-20(26)11-10-19(25)24(14-7-8-14)21-15-4-3-5-17(15)23-18-9-6-13(22)12-16(18)21/h6,9,12,14-15,17,21,23H,2-5,7-8,10-11H2,1H3/t15-,17-,21+/m0/s1. The summed E-state index contributed by atoms with van der Waals surface area (Å²) in [6.07, 6.45) is 5.45. The molecule has 0 saturated heterocycles. The molecule has 2 fully saturated rings. The smallest absolute Gasteiger partial charge is 0.306 e. The van der Waals surface area contributed by atoms with E-state index in [9.17, 15) is 14.0 Å². The molecule has 1 heterocycles. The summed E-state index contributed by atoms with van der Waals surface area (Å²) in [4.78, 5) is 26.8. The third-order valence-corrected chi connectivity index (χ3v) is 6.02. The minimum absolute atomic E-state index is 0.0154. The molecule has 3 atom stereocenters. The van der Waals surface area contributed by atoms with Crippen molar-refractivity contribution in [2.75, 3.05) is 11.9 Å². The summed E-state index contributed by atoms with van der Waals surface area (Å²) in [6, 6.07) is 5.27. The fourth-order valence-electron chi connectivity index (χ4n) is 4.75. The van der Waals surface area contributed by atoms with E-state index in [0.717, 1.165) is 43.4 Å². The molecule has 0 spiro atoms. The Balaban J connectivity index is 1.62. The van der Waals surface area contributed by atoms with E-state index in [-0.39, 0.29) is 42.6 Å². The normalized spacial score (nSPS) is 25.9. The fourth-order valence-corrected chi connectivity index (χ4v) is 4.75. The van der Waals surface area contributed by atoms with Crippen LogP contribution in [0.3, 0.4) is 0 Å². The number of amides is 1. The van der Waals surface area contributed by atoms with Crippen molar-refractivity contribution in [3.05, 3.63) is 29.6 Å². The second-order valence-corrected chi connectivity index (χ2v) is 7.86. The van der Waals surface area contributed by atoms with Crippen molar-refractivity contribution >= 4 is 17.6 Å². The maximum Gasteiger partial charge on any atom is 0.306 e. The molecule has 4 rings (SSSR count). The van der Waals surface area contributed by atoms with Gasteiger partial charge < -0.3 is 15.0 Å². The van der Waals surface area contributed by atoms with Crippen molar-refractivity contribution in [1.29, 1.82) is 0 Å². The van der Waals surface area contributed by atoms with Crippen molar-refractivity contribution in [3.63, 3.8) is 0 Å². The molecule has 1 N–H and O–H groups in total. The van der Waals surface area contributed by atoms with Crippen LogP contribution in [0.1, 0.15) is 63.5 Å². The Hall–Kier alpha value is -2.11. The van der Waals surface area contributed by atoms with E-state index >= 15 is 0 Å². The zero-order chi connectivity index (χ0) is 19.0. The van der Waals surface area contributed by atoms with Crippen molar-refractivity contribution < 1.29 is 18.7 Å². The molecular weight excluding hydrogens is 347 g/mol. The molecule has 0 bridgehead atoms. The third kappa shape index (κ3) is 3.66. The number of carbonyl (C=O) groups is 2. The number of ether oxygens (including phenoxy) is 1. The number of anilines is 1. The summed E-state index contributed by atoms with van der Waals surface area (Å²) < 4.78 is 19.0. The number of fused-ring (bicyclic) bond motifs is 2. The van der Waals surface area contributed by atoms with Gasteiger partial charge in [0.15, 0.2) is 0 Å². The Bertz CT molecular complexity index is 734. The van der Waals surface area contributed by atoms with Gasteiger partial charge in [-0.15, -0.1) is 0 Å². The molecule has 0 aromatic heterocycles. The molecule has 6 heteroatoms. The van der Waals surface area contributed by atoms with Gasteiger partial charge in [0.25, 0.3) is 0 Å². The number of benzene rings is 1. The molecule has 27 heavy (non-hydrogen) atoms. The molecule has 1 aromatic carbocycles. The maximum absolute atomic E-state index is 14.0. The van der Waals surface area contributed by atoms with Crippen molar-refractivity contribution in [2.24, 2.45) is 5.92 Å². The van der Waals surface area contributed by atoms with Crippen LogP contribution in [0.2, 0.25) is 0 Å². The zero-order valence-electron chi connectivity index (χ0n) is 15.7. The Morgan fingerprint density at radius 2 is 2.04 bits per heavy atom. The van der Waals surface area contributed by atoms with E-state index in [1.807, 2.05) is 4.90 Å². The fraction of sp³-hybridized carbons (Fsp3) is 0.619. The van der Waals surface area contributed by atoms with Gasteiger partial charge in [-0.25, -0.2) is 4.39 Å². The summed E-state index contributed by atoms with van der Waals surface area (Å²) in [5.74, 6) is -0.325. The summed E-state index contributed by atoms with van der Waals surface area (Å²) in [5.41, 5.74) is 1.82. The van der Waals surface area contributed by atoms with Crippen molar-refractivity contribution in [2.45, 2.75) is 70.0 Å². The summed E-state index contributed by atoms with van der Waals surface area (Å²) in [6.45, 7) is 2.08. The van der Waals surface area contributed by atoms with Crippen LogP contribution in [0.25, 0.3) is 0 Å². The maximum atomic E-state index is 14.0. The Morgan fingerprint density at radius 3 is 2.78 bits per heavy atom. The van der Waals surface area contributed by atoms with Gasteiger partial charge in [0.1, 0.15) is 5.82 Å². The van der Waals surface area contributed by atoms with Gasteiger partial charge in [-0.05, 0) is 50.8 Å². The van der Waals surface area contributed by atoms with E-state index in [1.54, 1.807) is 19.1 Å². The molecule has 0 radical (unpaired) electrons. The highest BCUT2D eigenvalue weighted by molar-refractivity contribution is 5.82. The summed E-state index contributed by atoms with van der Waals surface area (Å²) >= 11 is 0. The average Bonchev–Trinajstić information content (AvgIpc) is 3.37. The minimum atomic E-state index is -0.336. The van der Waals surface area contributed by atoms with Gasteiger partial charge in [-0.3, -0.25) is 9.59 Å². The zero-order valence-corrected chi connectivity index (χ0v) is 15.7. The molecule has 2 aliphatic carbocycles. The highest BCUT2D eigenvalue weighted by Gasteiger charge is 2.47. The van der Waals surface area contributed by atoms with Gasteiger partial charge in [0.2, 0.25) is 5.91 Å². The molecule has 3 aliphatic rings. The minimum Gasteiger partial charge on any atom is -0.466 e. The van der Waals surface area contributed by atoms with E-state index in [2.05, 4.69) is 5.32 Å². The van der Waals surface area contributed by atoms with Gasteiger partial charge in [0, 0.05) is 35.7 Å². The number of hydrogen-bond donors (Lipinski definition) is 1.